The minimum absolute atomic E-state index is 0.0117. The Morgan fingerprint density at radius 2 is 2.05 bits per heavy atom. The minimum Gasteiger partial charge on any atom is -0.492 e. The molecule has 1 N–H and O–H groups in total. The van der Waals surface area contributed by atoms with Gasteiger partial charge < -0.3 is 10.1 Å². The van der Waals surface area contributed by atoms with Crippen molar-refractivity contribution >= 4 is 17.7 Å². The summed E-state index contributed by atoms with van der Waals surface area (Å²) in [5.74, 6) is 1.93. The Hall–Kier alpha value is -1.16. The highest BCUT2D eigenvalue weighted by atomic mass is 32.2. The molecule has 0 aromatic heterocycles. The second kappa shape index (κ2) is 9.09. The molecule has 0 spiro atoms. The van der Waals surface area contributed by atoms with Crippen molar-refractivity contribution < 1.29 is 9.53 Å². The highest BCUT2D eigenvalue weighted by molar-refractivity contribution is 8.00. The Labute approximate surface area is 138 Å². The minimum atomic E-state index is -0.0117. The van der Waals surface area contributed by atoms with E-state index in [4.69, 9.17) is 4.74 Å². The Balaban J connectivity index is 1.63. The molecule has 22 heavy (non-hydrogen) atoms. The van der Waals surface area contributed by atoms with Crippen molar-refractivity contribution in [2.24, 2.45) is 0 Å². The first-order valence-corrected chi connectivity index (χ1v) is 9.32. The van der Waals surface area contributed by atoms with Crippen molar-refractivity contribution in [2.75, 3.05) is 12.4 Å². The highest BCUT2D eigenvalue weighted by Crippen LogP contribution is 2.19. The summed E-state index contributed by atoms with van der Waals surface area (Å²) in [6, 6.07) is 8.42. The van der Waals surface area contributed by atoms with Crippen molar-refractivity contribution in [1.82, 2.24) is 5.32 Å². The predicted molar refractivity (Wildman–Crippen MR) is 93.6 cm³/mol. The van der Waals surface area contributed by atoms with Crippen LogP contribution in [0.25, 0.3) is 0 Å². The molecule has 0 saturated heterocycles. The van der Waals surface area contributed by atoms with E-state index in [0.29, 0.717) is 12.6 Å². The van der Waals surface area contributed by atoms with Crippen LogP contribution in [0.2, 0.25) is 0 Å². The highest BCUT2D eigenvalue weighted by Gasteiger charge is 2.19. The van der Waals surface area contributed by atoms with E-state index in [1.54, 1.807) is 11.8 Å². The largest absolute Gasteiger partial charge is 0.492 e. The summed E-state index contributed by atoms with van der Waals surface area (Å²) in [5, 5.41) is 3.17. The van der Waals surface area contributed by atoms with Gasteiger partial charge in [-0.3, -0.25) is 4.79 Å². The number of ether oxygens (including phenoxy) is 1. The SMILES string of the molecule is Cc1ccccc1OCCSC(C)C(=O)NC1CCCCC1. The number of carbonyl (C=O) groups excluding carboxylic acids is 1. The number of hydrogen-bond donors (Lipinski definition) is 1. The number of para-hydroxylation sites is 1. The van der Waals surface area contributed by atoms with Crippen LogP contribution in [0.4, 0.5) is 0 Å². The quantitative estimate of drug-likeness (QED) is 0.773. The van der Waals surface area contributed by atoms with Gasteiger partial charge in [-0.15, -0.1) is 11.8 Å². The first-order chi connectivity index (χ1) is 10.7. The molecule has 0 bridgehead atoms. The molecule has 1 aliphatic rings. The lowest BCUT2D eigenvalue weighted by Gasteiger charge is -2.24. The van der Waals surface area contributed by atoms with Crippen molar-refractivity contribution in [1.29, 1.82) is 0 Å². The molecule has 1 aromatic carbocycles. The van der Waals surface area contributed by atoms with E-state index in [2.05, 4.69) is 5.32 Å². The van der Waals surface area contributed by atoms with Crippen LogP contribution in [0, 0.1) is 6.92 Å². The van der Waals surface area contributed by atoms with Gasteiger partial charge in [-0.1, -0.05) is 37.5 Å². The summed E-state index contributed by atoms with van der Waals surface area (Å²) in [6.07, 6.45) is 6.08. The van der Waals surface area contributed by atoms with Crippen molar-refractivity contribution in [2.45, 2.75) is 57.2 Å². The van der Waals surface area contributed by atoms with Gasteiger partial charge in [-0.25, -0.2) is 0 Å². The Kier molecular flexibility index (Phi) is 7.10. The van der Waals surface area contributed by atoms with E-state index >= 15 is 0 Å². The van der Waals surface area contributed by atoms with Gasteiger partial charge in [-0.05, 0) is 38.3 Å². The van der Waals surface area contributed by atoms with Crippen LogP contribution in [0.3, 0.4) is 0 Å². The van der Waals surface area contributed by atoms with Gasteiger partial charge in [0.1, 0.15) is 5.75 Å². The molecule has 0 aliphatic heterocycles. The number of amides is 1. The average molecular weight is 321 g/mol. The zero-order valence-corrected chi connectivity index (χ0v) is 14.5. The first kappa shape index (κ1) is 17.2. The Bertz CT molecular complexity index is 472. The molecule has 0 heterocycles. The summed E-state index contributed by atoms with van der Waals surface area (Å²) in [5.41, 5.74) is 1.15. The van der Waals surface area contributed by atoms with Crippen LogP contribution >= 0.6 is 11.8 Å². The molecule has 0 radical (unpaired) electrons. The van der Waals surface area contributed by atoms with E-state index in [1.807, 2.05) is 38.1 Å². The van der Waals surface area contributed by atoms with Crippen molar-refractivity contribution in [3.8, 4) is 5.75 Å². The zero-order chi connectivity index (χ0) is 15.8. The normalized spacial score (nSPS) is 17.0. The fraction of sp³-hybridized carbons (Fsp3) is 0.611. The second-order valence-corrected chi connectivity index (χ2v) is 7.42. The molecule has 122 valence electrons. The van der Waals surface area contributed by atoms with Crippen LogP contribution in [-0.2, 0) is 4.79 Å². The van der Waals surface area contributed by atoms with Crippen molar-refractivity contribution in [3.63, 3.8) is 0 Å². The fourth-order valence-electron chi connectivity index (χ4n) is 2.74. The van der Waals surface area contributed by atoms with Gasteiger partial charge in [-0.2, -0.15) is 0 Å². The van der Waals surface area contributed by atoms with Gasteiger partial charge in [0.25, 0.3) is 0 Å². The maximum Gasteiger partial charge on any atom is 0.233 e. The second-order valence-electron chi connectivity index (χ2n) is 5.97. The lowest BCUT2D eigenvalue weighted by Crippen LogP contribution is -2.40. The van der Waals surface area contributed by atoms with Gasteiger partial charge >= 0.3 is 0 Å². The number of hydrogen-bond acceptors (Lipinski definition) is 3. The topological polar surface area (TPSA) is 38.3 Å². The molecule has 1 unspecified atom stereocenters. The summed E-state index contributed by atoms with van der Waals surface area (Å²) in [4.78, 5) is 12.2. The zero-order valence-electron chi connectivity index (χ0n) is 13.6. The number of carbonyl (C=O) groups is 1. The molecule has 1 atom stereocenters. The number of nitrogens with one attached hydrogen (secondary N) is 1. The van der Waals surface area contributed by atoms with Gasteiger partial charge in [0.2, 0.25) is 5.91 Å². The van der Waals surface area contributed by atoms with E-state index in [0.717, 1.165) is 29.9 Å². The molecule has 1 aliphatic carbocycles. The third-order valence-corrected chi connectivity index (χ3v) is 5.24. The molecule has 1 fully saturated rings. The molecular weight excluding hydrogens is 294 g/mol. The van der Waals surface area contributed by atoms with Crippen LogP contribution in [0.1, 0.15) is 44.6 Å². The third kappa shape index (κ3) is 5.56. The van der Waals surface area contributed by atoms with E-state index in [1.165, 1.54) is 19.3 Å². The average Bonchev–Trinajstić information content (AvgIpc) is 2.53. The van der Waals surface area contributed by atoms with Crippen LogP contribution in [-0.4, -0.2) is 29.6 Å². The maximum atomic E-state index is 12.2. The molecule has 3 nitrogen and oxygen atoms in total. The molecule has 1 aromatic rings. The van der Waals surface area contributed by atoms with E-state index in [-0.39, 0.29) is 11.2 Å². The molecular formula is C18H27NO2S. The van der Waals surface area contributed by atoms with Gasteiger partial charge in [0.15, 0.2) is 0 Å². The van der Waals surface area contributed by atoms with Crippen LogP contribution < -0.4 is 10.1 Å². The van der Waals surface area contributed by atoms with E-state index < -0.39 is 0 Å². The number of thioether (sulfide) groups is 1. The summed E-state index contributed by atoms with van der Waals surface area (Å²) < 4.78 is 5.76. The summed E-state index contributed by atoms with van der Waals surface area (Å²) in [7, 11) is 0. The molecule has 4 heteroatoms. The monoisotopic (exact) mass is 321 g/mol. The number of aryl methyl sites for hydroxylation is 1. The fourth-order valence-corrected chi connectivity index (χ4v) is 3.49. The third-order valence-electron chi connectivity index (χ3n) is 4.12. The lowest BCUT2D eigenvalue weighted by atomic mass is 9.95. The van der Waals surface area contributed by atoms with Crippen LogP contribution in [0.5, 0.6) is 5.75 Å². The van der Waals surface area contributed by atoms with Crippen LogP contribution in [0.15, 0.2) is 24.3 Å². The summed E-state index contributed by atoms with van der Waals surface area (Å²) in [6.45, 7) is 4.66. The standard InChI is InChI=1S/C18H27NO2S/c1-14-8-6-7-11-17(14)21-12-13-22-15(2)18(20)19-16-9-4-3-5-10-16/h6-8,11,15-16H,3-5,9-10,12-13H2,1-2H3,(H,19,20). The number of benzene rings is 1. The maximum absolute atomic E-state index is 12.2. The van der Waals surface area contributed by atoms with Gasteiger partial charge in [0, 0.05) is 11.8 Å². The smallest absolute Gasteiger partial charge is 0.233 e. The number of rotatable bonds is 7. The lowest BCUT2D eigenvalue weighted by molar-refractivity contribution is -0.121. The Morgan fingerprint density at radius 3 is 2.77 bits per heavy atom. The summed E-state index contributed by atoms with van der Waals surface area (Å²) >= 11 is 1.66. The van der Waals surface area contributed by atoms with Gasteiger partial charge in [0.05, 0.1) is 11.9 Å². The van der Waals surface area contributed by atoms with Crippen molar-refractivity contribution in [3.05, 3.63) is 29.8 Å². The predicted octanol–water partition coefficient (Wildman–Crippen LogP) is 3.94. The molecule has 2 rings (SSSR count). The first-order valence-electron chi connectivity index (χ1n) is 8.27. The Morgan fingerprint density at radius 1 is 1.32 bits per heavy atom. The molecule has 1 saturated carbocycles. The van der Waals surface area contributed by atoms with E-state index in [9.17, 15) is 4.79 Å². The molecule has 1 amide bonds.